The molecule has 102 valence electrons. The average Bonchev–Trinajstić information content (AvgIpc) is 2.96. The summed E-state index contributed by atoms with van der Waals surface area (Å²) in [5, 5.41) is 12.2. The van der Waals surface area contributed by atoms with E-state index in [1.54, 1.807) is 6.07 Å². The molecule has 2 unspecified atom stereocenters. The summed E-state index contributed by atoms with van der Waals surface area (Å²) in [6, 6.07) is 2.91. The van der Waals surface area contributed by atoms with Crippen molar-refractivity contribution in [2.75, 3.05) is 23.3 Å². The Morgan fingerprint density at radius 3 is 3.00 bits per heavy atom. The van der Waals surface area contributed by atoms with Crippen molar-refractivity contribution in [3.05, 3.63) is 23.5 Å². The highest BCUT2D eigenvalue weighted by atomic mass is 19.1. The molecule has 1 fully saturated rings. The van der Waals surface area contributed by atoms with Gasteiger partial charge < -0.3 is 15.3 Å². The molecule has 3 rings (SSSR count). The molecule has 0 aromatic heterocycles. The molecule has 0 aliphatic carbocycles. The summed E-state index contributed by atoms with van der Waals surface area (Å²) in [7, 11) is 0. The first-order chi connectivity index (χ1) is 9.10. The molecule has 2 atom stereocenters. The van der Waals surface area contributed by atoms with E-state index >= 15 is 0 Å². The van der Waals surface area contributed by atoms with Crippen LogP contribution in [0.1, 0.15) is 31.4 Å². The highest BCUT2D eigenvalue weighted by Crippen LogP contribution is 2.37. The third-order valence-corrected chi connectivity index (χ3v) is 4.12. The van der Waals surface area contributed by atoms with Gasteiger partial charge >= 0.3 is 0 Å². The minimum Gasteiger partial charge on any atom is -0.378 e. The smallest absolute Gasteiger partial charge is 0.257 e. The summed E-state index contributed by atoms with van der Waals surface area (Å²) >= 11 is 0. The topological polar surface area (TPSA) is 52.6 Å². The number of aliphatic hydroxyl groups is 1. The van der Waals surface area contributed by atoms with Gasteiger partial charge in [-0.15, -0.1) is 0 Å². The molecule has 5 heteroatoms. The Kier molecular flexibility index (Phi) is 2.93. The van der Waals surface area contributed by atoms with Gasteiger partial charge in [-0.25, -0.2) is 4.39 Å². The van der Waals surface area contributed by atoms with Crippen molar-refractivity contribution < 1.29 is 14.3 Å². The summed E-state index contributed by atoms with van der Waals surface area (Å²) in [5.74, 6) is -0.252. The Balaban J connectivity index is 1.92. The predicted molar refractivity (Wildman–Crippen MR) is 70.6 cm³/mol. The quantitative estimate of drug-likeness (QED) is 0.859. The van der Waals surface area contributed by atoms with Crippen LogP contribution in [-0.4, -0.2) is 24.1 Å². The zero-order valence-electron chi connectivity index (χ0n) is 10.8. The molecule has 2 aliphatic rings. The zero-order valence-corrected chi connectivity index (χ0v) is 10.8. The summed E-state index contributed by atoms with van der Waals surface area (Å²) in [5.41, 5.74) is 1.37. The fourth-order valence-electron chi connectivity index (χ4n) is 2.88. The monoisotopic (exact) mass is 264 g/mol. The minimum atomic E-state index is -1.25. The second-order valence-electron chi connectivity index (χ2n) is 5.29. The Labute approximate surface area is 111 Å². The van der Waals surface area contributed by atoms with Gasteiger partial charge in [0.2, 0.25) is 0 Å². The van der Waals surface area contributed by atoms with Crippen LogP contribution in [0.2, 0.25) is 0 Å². The summed E-state index contributed by atoms with van der Waals surface area (Å²) in [6.07, 6.45) is 0.918. The van der Waals surface area contributed by atoms with Crippen LogP contribution in [0, 0.1) is 11.7 Å². The van der Waals surface area contributed by atoms with E-state index in [2.05, 4.69) is 12.2 Å². The number of rotatable bonds is 2. The molecule has 2 aliphatic heterocycles. The van der Waals surface area contributed by atoms with Gasteiger partial charge in [-0.2, -0.15) is 0 Å². The molecule has 1 amide bonds. The maximum absolute atomic E-state index is 14.1. The van der Waals surface area contributed by atoms with Crippen LogP contribution in [0.25, 0.3) is 0 Å². The standard InChI is InChI=1S/C14H17FN2O2/c1-2-8-3-4-17(7-8)12-6-11-9(5-10(12)15)13(18)14(19)16-11/h5-6,8,13,18H,2-4,7H2,1H3,(H,16,19). The summed E-state index contributed by atoms with van der Waals surface area (Å²) in [6.45, 7) is 3.83. The second kappa shape index (κ2) is 4.49. The molecule has 0 bridgehead atoms. The van der Waals surface area contributed by atoms with Crippen molar-refractivity contribution in [3.8, 4) is 0 Å². The van der Waals surface area contributed by atoms with Crippen molar-refractivity contribution in [2.45, 2.75) is 25.9 Å². The van der Waals surface area contributed by atoms with E-state index in [1.807, 2.05) is 4.90 Å². The zero-order chi connectivity index (χ0) is 13.6. The molecule has 1 aromatic rings. The van der Waals surface area contributed by atoms with Gasteiger partial charge in [0.25, 0.3) is 5.91 Å². The summed E-state index contributed by atoms with van der Waals surface area (Å²) < 4.78 is 14.1. The largest absolute Gasteiger partial charge is 0.378 e. The van der Waals surface area contributed by atoms with Crippen LogP contribution >= 0.6 is 0 Å². The van der Waals surface area contributed by atoms with E-state index in [0.717, 1.165) is 25.9 Å². The lowest BCUT2D eigenvalue weighted by atomic mass is 10.1. The molecule has 19 heavy (non-hydrogen) atoms. The minimum absolute atomic E-state index is 0.331. The van der Waals surface area contributed by atoms with E-state index in [-0.39, 0.29) is 5.82 Å². The van der Waals surface area contributed by atoms with Crippen molar-refractivity contribution >= 4 is 17.3 Å². The predicted octanol–water partition coefficient (Wildman–Crippen LogP) is 2.05. The lowest BCUT2D eigenvalue weighted by molar-refractivity contribution is -0.123. The normalized spacial score (nSPS) is 25.6. The van der Waals surface area contributed by atoms with Crippen LogP contribution in [0.3, 0.4) is 0 Å². The molecular weight excluding hydrogens is 247 g/mol. The number of amides is 1. The van der Waals surface area contributed by atoms with Crippen molar-refractivity contribution in [2.24, 2.45) is 5.92 Å². The molecule has 2 heterocycles. The van der Waals surface area contributed by atoms with Crippen LogP contribution < -0.4 is 10.2 Å². The molecule has 0 spiro atoms. The number of carbonyl (C=O) groups excluding carboxylic acids is 1. The van der Waals surface area contributed by atoms with Crippen molar-refractivity contribution in [3.63, 3.8) is 0 Å². The number of benzene rings is 1. The first-order valence-corrected chi connectivity index (χ1v) is 6.67. The first-order valence-electron chi connectivity index (χ1n) is 6.67. The third kappa shape index (κ3) is 1.98. The van der Waals surface area contributed by atoms with Gasteiger partial charge in [-0.05, 0) is 24.5 Å². The van der Waals surface area contributed by atoms with Gasteiger partial charge in [0.05, 0.1) is 5.69 Å². The van der Waals surface area contributed by atoms with Gasteiger partial charge in [-0.3, -0.25) is 4.79 Å². The number of aliphatic hydroxyl groups excluding tert-OH is 1. The molecule has 0 radical (unpaired) electrons. The number of hydrogen-bond donors (Lipinski definition) is 2. The van der Waals surface area contributed by atoms with Crippen LogP contribution in [0.15, 0.2) is 12.1 Å². The van der Waals surface area contributed by atoms with Gasteiger partial charge in [0.15, 0.2) is 6.10 Å². The number of anilines is 2. The maximum Gasteiger partial charge on any atom is 0.257 e. The number of fused-ring (bicyclic) bond motifs is 1. The Hall–Kier alpha value is -1.62. The number of halogens is 1. The van der Waals surface area contributed by atoms with Crippen molar-refractivity contribution in [1.29, 1.82) is 0 Å². The van der Waals surface area contributed by atoms with E-state index < -0.39 is 12.0 Å². The van der Waals surface area contributed by atoms with E-state index in [0.29, 0.717) is 22.9 Å². The van der Waals surface area contributed by atoms with Gasteiger partial charge in [0.1, 0.15) is 5.82 Å². The van der Waals surface area contributed by atoms with Crippen molar-refractivity contribution in [1.82, 2.24) is 0 Å². The highest BCUT2D eigenvalue weighted by molar-refractivity contribution is 6.02. The van der Waals surface area contributed by atoms with Crippen LogP contribution in [0.5, 0.6) is 0 Å². The second-order valence-corrected chi connectivity index (χ2v) is 5.29. The third-order valence-electron chi connectivity index (χ3n) is 4.12. The van der Waals surface area contributed by atoms with Gasteiger partial charge in [-0.1, -0.05) is 13.3 Å². The molecule has 0 saturated carbocycles. The lowest BCUT2D eigenvalue weighted by Crippen LogP contribution is -2.20. The number of nitrogens with one attached hydrogen (secondary N) is 1. The molecular formula is C14H17FN2O2. The van der Waals surface area contributed by atoms with E-state index in [4.69, 9.17) is 0 Å². The average molecular weight is 264 g/mol. The molecule has 2 N–H and O–H groups in total. The number of carbonyl (C=O) groups is 1. The highest BCUT2D eigenvalue weighted by Gasteiger charge is 2.31. The fraction of sp³-hybridized carbons (Fsp3) is 0.500. The molecule has 4 nitrogen and oxygen atoms in total. The van der Waals surface area contributed by atoms with Crippen LogP contribution in [-0.2, 0) is 4.79 Å². The Bertz CT molecular complexity index is 532. The number of hydrogen-bond acceptors (Lipinski definition) is 3. The lowest BCUT2D eigenvalue weighted by Gasteiger charge is -2.20. The SMILES string of the molecule is CCC1CCN(c2cc3c(cc2F)C(O)C(=O)N3)C1. The molecule has 1 aromatic carbocycles. The first kappa shape index (κ1) is 12.4. The van der Waals surface area contributed by atoms with Gasteiger partial charge in [0, 0.05) is 24.3 Å². The van der Waals surface area contributed by atoms with Crippen LogP contribution in [0.4, 0.5) is 15.8 Å². The fourth-order valence-corrected chi connectivity index (χ4v) is 2.88. The maximum atomic E-state index is 14.1. The number of nitrogens with zero attached hydrogens (tertiary/aromatic N) is 1. The van der Waals surface area contributed by atoms with E-state index in [1.165, 1.54) is 6.07 Å². The van der Waals surface area contributed by atoms with E-state index in [9.17, 15) is 14.3 Å². The Morgan fingerprint density at radius 1 is 1.53 bits per heavy atom. The summed E-state index contributed by atoms with van der Waals surface area (Å²) in [4.78, 5) is 13.4. The molecule has 1 saturated heterocycles. The Morgan fingerprint density at radius 2 is 2.32 bits per heavy atom.